The van der Waals surface area contributed by atoms with Crippen molar-refractivity contribution in [1.82, 2.24) is 10.2 Å². The topological polar surface area (TPSA) is 63.1 Å². The third-order valence-electron chi connectivity index (χ3n) is 1.99. The first-order valence-corrected chi connectivity index (χ1v) is 4.27. The van der Waals surface area contributed by atoms with Crippen molar-refractivity contribution < 1.29 is 18.7 Å². The van der Waals surface area contributed by atoms with Crippen LogP contribution in [0.15, 0.2) is 0 Å². The average molecular weight is 237 g/mol. The first-order valence-electron chi connectivity index (χ1n) is 3.89. The average Bonchev–Trinajstić information content (AvgIpc) is 2.11. The first kappa shape index (κ1) is 11.8. The Kier molecular flexibility index (Phi) is 2.90. The van der Waals surface area contributed by atoms with Gasteiger partial charge in [-0.25, -0.2) is 4.79 Å². The maximum Gasteiger partial charge on any atom is 0.379 e. The predicted molar refractivity (Wildman–Crippen MR) is 48.0 cm³/mol. The normalized spacial score (nSPS) is 11.5. The molecule has 1 heterocycles. The van der Waals surface area contributed by atoms with Crippen molar-refractivity contribution >= 4 is 17.6 Å². The van der Waals surface area contributed by atoms with Crippen LogP contribution in [0.4, 0.5) is 8.78 Å². The van der Waals surface area contributed by atoms with E-state index in [2.05, 4.69) is 10.2 Å². The molecule has 1 aromatic rings. The van der Waals surface area contributed by atoms with Gasteiger partial charge in [0.15, 0.2) is 5.15 Å². The van der Waals surface area contributed by atoms with Crippen molar-refractivity contribution in [3.63, 3.8) is 0 Å². The van der Waals surface area contributed by atoms with E-state index in [0.29, 0.717) is 0 Å². The summed E-state index contributed by atoms with van der Waals surface area (Å²) in [5, 5.41) is 14.5. The van der Waals surface area contributed by atoms with Crippen molar-refractivity contribution in [3.8, 4) is 0 Å². The highest BCUT2D eigenvalue weighted by atomic mass is 35.5. The van der Waals surface area contributed by atoms with Crippen LogP contribution in [0, 0.1) is 13.8 Å². The van der Waals surface area contributed by atoms with Crippen molar-refractivity contribution in [3.05, 3.63) is 22.0 Å². The summed E-state index contributed by atoms with van der Waals surface area (Å²) in [5.74, 6) is -6.32. The smallest absolute Gasteiger partial charge is 0.379 e. The van der Waals surface area contributed by atoms with E-state index in [9.17, 15) is 13.6 Å². The lowest BCUT2D eigenvalue weighted by molar-refractivity contribution is -0.166. The Morgan fingerprint density at radius 3 is 2.40 bits per heavy atom. The fourth-order valence-corrected chi connectivity index (χ4v) is 1.35. The van der Waals surface area contributed by atoms with Gasteiger partial charge in [-0.05, 0) is 19.4 Å². The second-order valence-corrected chi connectivity index (χ2v) is 3.31. The van der Waals surface area contributed by atoms with Crippen molar-refractivity contribution in [2.75, 3.05) is 0 Å². The molecule has 0 atom stereocenters. The molecule has 4 nitrogen and oxygen atoms in total. The second kappa shape index (κ2) is 3.69. The van der Waals surface area contributed by atoms with Crippen LogP contribution in [0.5, 0.6) is 0 Å². The molecular weight excluding hydrogens is 230 g/mol. The molecule has 0 unspecified atom stereocenters. The number of aryl methyl sites for hydroxylation is 1. The summed E-state index contributed by atoms with van der Waals surface area (Å²) in [6.07, 6.45) is 0. The molecule has 1 rings (SSSR count). The Hall–Kier alpha value is -1.30. The summed E-state index contributed by atoms with van der Waals surface area (Å²) >= 11 is 5.41. The number of halogens is 3. The van der Waals surface area contributed by atoms with Crippen LogP contribution >= 0.6 is 11.6 Å². The van der Waals surface area contributed by atoms with Crippen LogP contribution in [-0.2, 0) is 10.7 Å². The number of nitrogens with zero attached hydrogens (tertiary/aromatic N) is 2. The molecule has 7 heteroatoms. The minimum atomic E-state index is -4.05. The van der Waals surface area contributed by atoms with Crippen LogP contribution in [0.1, 0.15) is 16.8 Å². The van der Waals surface area contributed by atoms with Gasteiger partial charge in [-0.3, -0.25) is 0 Å². The Balaban J connectivity index is 3.49. The molecular formula is C8H7ClF2N2O2. The van der Waals surface area contributed by atoms with Crippen LogP contribution in [0.2, 0.25) is 5.15 Å². The molecule has 0 bridgehead atoms. The molecule has 0 aliphatic carbocycles. The van der Waals surface area contributed by atoms with Gasteiger partial charge < -0.3 is 5.11 Å². The van der Waals surface area contributed by atoms with Gasteiger partial charge >= 0.3 is 11.9 Å². The summed E-state index contributed by atoms with van der Waals surface area (Å²) < 4.78 is 26.5. The highest BCUT2D eigenvalue weighted by Gasteiger charge is 2.45. The van der Waals surface area contributed by atoms with Gasteiger partial charge in [0.1, 0.15) is 0 Å². The van der Waals surface area contributed by atoms with E-state index < -0.39 is 22.6 Å². The number of rotatable bonds is 2. The number of carbonyl (C=O) groups is 1. The fourth-order valence-electron chi connectivity index (χ4n) is 1.05. The third kappa shape index (κ3) is 1.90. The summed E-state index contributed by atoms with van der Waals surface area (Å²) in [4.78, 5) is 10.4. The van der Waals surface area contributed by atoms with Gasteiger partial charge in [-0.2, -0.15) is 13.9 Å². The number of hydrogen-bond donors (Lipinski definition) is 1. The maximum atomic E-state index is 13.2. The lowest BCUT2D eigenvalue weighted by atomic mass is 10.0. The molecule has 0 saturated heterocycles. The molecule has 0 saturated carbocycles. The van der Waals surface area contributed by atoms with E-state index in [4.69, 9.17) is 16.7 Å². The van der Waals surface area contributed by atoms with Crippen LogP contribution in [0.3, 0.4) is 0 Å². The zero-order valence-corrected chi connectivity index (χ0v) is 8.64. The highest BCUT2D eigenvalue weighted by molar-refractivity contribution is 6.30. The summed E-state index contributed by atoms with van der Waals surface area (Å²) in [7, 11) is 0. The summed E-state index contributed by atoms with van der Waals surface area (Å²) in [6, 6.07) is 0. The number of hydrogen-bond acceptors (Lipinski definition) is 3. The van der Waals surface area contributed by atoms with Gasteiger partial charge in [-0.1, -0.05) is 11.6 Å². The largest absolute Gasteiger partial charge is 0.477 e. The molecule has 1 aromatic heterocycles. The number of aromatic nitrogens is 2. The quantitative estimate of drug-likeness (QED) is 0.852. The van der Waals surface area contributed by atoms with E-state index in [0.717, 1.165) is 0 Å². The zero-order valence-electron chi connectivity index (χ0n) is 7.88. The van der Waals surface area contributed by atoms with Gasteiger partial charge in [-0.15, -0.1) is 5.10 Å². The third-order valence-corrected chi connectivity index (χ3v) is 2.26. The molecule has 0 aromatic carbocycles. The molecule has 1 N–H and O–H groups in total. The molecule has 82 valence electrons. The second-order valence-electron chi connectivity index (χ2n) is 2.96. The van der Waals surface area contributed by atoms with Crippen LogP contribution in [-0.4, -0.2) is 21.3 Å². The van der Waals surface area contributed by atoms with E-state index in [1.807, 2.05) is 0 Å². The van der Waals surface area contributed by atoms with Gasteiger partial charge in [0.2, 0.25) is 0 Å². The summed E-state index contributed by atoms with van der Waals surface area (Å²) in [6.45, 7) is 2.77. The number of carboxylic acids is 1. The predicted octanol–water partition coefficient (Wildman–Crippen LogP) is 1.92. The first-order chi connectivity index (χ1) is 6.78. The Labute approximate surface area is 88.9 Å². The minimum absolute atomic E-state index is 0.0300. The van der Waals surface area contributed by atoms with Crippen molar-refractivity contribution in [2.24, 2.45) is 0 Å². The number of carboxylic acid groups (broad SMARTS) is 1. The Morgan fingerprint density at radius 2 is 1.93 bits per heavy atom. The van der Waals surface area contributed by atoms with Gasteiger partial charge in [0, 0.05) is 0 Å². The fraction of sp³-hybridized carbons (Fsp3) is 0.375. The molecule has 0 radical (unpaired) electrons. The van der Waals surface area contributed by atoms with Gasteiger partial charge in [0.25, 0.3) is 0 Å². The zero-order chi connectivity index (χ0) is 11.8. The van der Waals surface area contributed by atoms with Crippen LogP contribution in [0.25, 0.3) is 0 Å². The minimum Gasteiger partial charge on any atom is -0.477 e. The van der Waals surface area contributed by atoms with E-state index in [-0.39, 0.29) is 11.3 Å². The SMILES string of the molecule is Cc1nnc(Cl)c(C(F)(F)C(=O)O)c1C. The van der Waals surface area contributed by atoms with Crippen molar-refractivity contribution in [1.29, 1.82) is 0 Å². The van der Waals surface area contributed by atoms with Crippen LogP contribution < -0.4 is 0 Å². The van der Waals surface area contributed by atoms with E-state index in [1.54, 1.807) is 0 Å². The number of alkyl halides is 2. The molecule has 0 aliphatic rings. The lowest BCUT2D eigenvalue weighted by Crippen LogP contribution is -2.27. The van der Waals surface area contributed by atoms with E-state index >= 15 is 0 Å². The molecule has 0 spiro atoms. The van der Waals surface area contributed by atoms with Gasteiger partial charge in [0.05, 0.1) is 11.3 Å². The van der Waals surface area contributed by atoms with E-state index in [1.165, 1.54) is 13.8 Å². The molecule has 0 fully saturated rings. The summed E-state index contributed by atoms with van der Waals surface area (Å²) in [5.41, 5.74) is -0.554. The standard InChI is InChI=1S/C8H7ClF2N2O2/c1-3-4(2)12-13-6(9)5(3)8(10,11)7(14)15/h1-2H3,(H,14,15). The van der Waals surface area contributed by atoms with Crippen molar-refractivity contribution in [2.45, 2.75) is 19.8 Å². The highest BCUT2D eigenvalue weighted by Crippen LogP contribution is 2.35. The monoisotopic (exact) mass is 236 g/mol. The maximum absolute atomic E-state index is 13.2. The Morgan fingerprint density at radius 1 is 1.40 bits per heavy atom. The Bertz CT molecular complexity index is 423. The lowest BCUT2D eigenvalue weighted by Gasteiger charge is -2.15. The number of aliphatic carboxylic acids is 1. The molecule has 15 heavy (non-hydrogen) atoms. The molecule has 0 aliphatic heterocycles. The molecule has 0 amide bonds.